The Morgan fingerprint density at radius 3 is 2.34 bits per heavy atom. The molecule has 4 heterocycles. The minimum Gasteiger partial charge on any atom is -0.379 e. The second kappa shape index (κ2) is 11.4. The number of carbonyl (C=O) groups is 1. The highest BCUT2D eigenvalue weighted by molar-refractivity contribution is 7.92. The van der Waals surface area contributed by atoms with Crippen LogP contribution in [0.5, 0.6) is 0 Å². The smallest absolute Gasteiger partial charge is 0.290 e. The Balaban J connectivity index is 1.48. The molecule has 0 spiro atoms. The lowest BCUT2D eigenvalue weighted by Crippen LogP contribution is -2.49. The Hall–Kier alpha value is -3.54. The minimum absolute atomic E-state index is 0.0189. The fraction of sp³-hybridized carbons (Fsp3) is 0.433. The second-order valence-corrected chi connectivity index (χ2v) is 12.6. The van der Waals surface area contributed by atoms with Crippen LogP contribution in [0.1, 0.15) is 54.2 Å². The number of carbonyl (C=O) groups excluding carboxylic acids is 1. The maximum atomic E-state index is 13.7. The number of hydrogen-bond acceptors (Lipinski definition) is 8. The van der Waals surface area contributed by atoms with Crippen LogP contribution in [0, 0.1) is 0 Å². The van der Waals surface area contributed by atoms with Crippen molar-refractivity contribution in [2.24, 2.45) is 0 Å². The predicted octanol–water partition coefficient (Wildman–Crippen LogP) is 4.05. The number of pyridine rings is 1. The third-order valence-electron chi connectivity index (χ3n) is 8.57. The maximum absolute atomic E-state index is 13.7. The van der Waals surface area contributed by atoms with Crippen molar-refractivity contribution in [2.45, 2.75) is 44.1 Å². The number of fused-ring (bicyclic) bond motifs is 1. The Bertz CT molecular complexity index is 1550. The van der Waals surface area contributed by atoms with E-state index in [2.05, 4.69) is 23.0 Å². The molecule has 0 bridgehead atoms. The number of rotatable bonds is 8. The van der Waals surface area contributed by atoms with E-state index in [1.54, 1.807) is 10.7 Å². The van der Waals surface area contributed by atoms with Gasteiger partial charge in [-0.1, -0.05) is 37.8 Å². The molecule has 3 aromatic rings. The average Bonchev–Trinajstić information content (AvgIpc) is 3.36. The van der Waals surface area contributed by atoms with Gasteiger partial charge in [-0.25, -0.2) is 22.4 Å². The first-order chi connectivity index (χ1) is 19.9. The van der Waals surface area contributed by atoms with E-state index in [-0.39, 0.29) is 5.69 Å². The van der Waals surface area contributed by atoms with Crippen LogP contribution in [-0.4, -0.2) is 83.7 Å². The molecule has 3 fully saturated rings. The van der Waals surface area contributed by atoms with Crippen LogP contribution in [-0.2, 0) is 14.8 Å². The highest BCUT2D eigenvalue weighted by Gasteiger charge is 2.34. The first-order valence-electron chi connectivity index (χ1n) is 14.3. The standard InChI is InChI=1S/C30H36N6O4S/c1-3-35(41(38,39)4-2)30(37)25-21-26(34-15-13-23(14-16-34)33-17-19-40-20-18-33)27-28(22-9-8-10-22)32-36(29(27)31-25)24-11-6-5-7-12-24/h3-7,11-12,21-23H,1-2,8-10,13-20H2. The van der Waals surface area contributed by atoms with Crippen LogP contribution in [0.4, 0.5) is 5.69 Å². The van der Waals surface area contributed by atoms with Crippen LogP contribution < -0.4 is 4.90 Å². The van der Waals surface area contributed by atoms with Gasteiger partial charge in [0.2, 0.25) is 0 Å². The molecule has 6 rings (SSSR count). The zero-order valence-corrected chi connectivity index (χ0v) is 24.0. The summed E-state index contributed by atoms with van der Waals surface area (Å²) < 4.78 is 33.3. The van der Waals surface area contributed by atoms with E-state index in [4.69, 9.17) is 14.8 Å². The lowest BCUT2D eigenvalue weighted by Gasteiger charge is -2.41. The van der Waals surface area contributed by atoms with Crippen molar-refractivity contribution in [3.8, 4) is 5.69 Å². The number of nitrogens with zero attached hydrogens (tertiary/aromatic N) is 6. The molecule has 11 heteroatoms. The molecule has 216 valence electrons. The molecule has 1 amide bonds. The molecule has 3 aliphatic rings. The Kier molecular flexibility index (Phi) is 7.67. The van der Waals surface area contributed by atoms with Crippen LogP contribution in [0.15, 0.2) is 61.2 Å². The second-order valence-electron chi connectivity index (χ2n) is 10.8. The Morgan fingerprint density at radius 2 is 1.73 bits per heavy atom. The minimum atomic E-state index is -4.10. The molecule has 0 atom stereocenters. The molecular weight excluding hydrogens is 540 g/mol. The van der Waals surface area contributed by atoms with E-state index >= 15 is 0 Å². The molecule has 10 nitrogen and oxygen atoms in total. The van der Waals surface area contributed by atoms with Crippen LogP contribution >= 0.6 is 0 Å². The molecule has 2 aliphatic heterocycles. The summed E-state index contributed by atoms with van der Waals surface area (Å²) in [5.41, 5.74) is 3.27. The molecule has 2 aromatic heterocycles. The van der Waals surface area contributed by atoms with Gasteiger partial charge in [0.1, 0.15) is 5.69 Å². The number of ether oxygens (including phenoxy) is 1. The number of aromatic nitrogens is 3. The molecule has 41 heavy (non-hydrogen) atoms. The van der Waals surface area contributed by atoms with E-state index in [9.17, 15) is 13.2 Å². The number of morpholine rings is 1. The molecule has 0 N–H and O–H groups in total. The Morgan fingerprint density at radius 1 is 1.02 bits per heavy atom. The van der Waals surface area contributed by atoms with Gasteiger partial charge in [0.25, 0.3) is 15.9 Å². The van der Waals surface area contributed by atoms with Crippen molar-refractivity contribution >= 4 is 32.7 Å². The first kappa shape index (κ1) is 27.6. The molecular formula is C30H36N6O4S. The lowest BCUT2D eigenvalue weighted by molar-refractivity contribution is 0.0115. The monoisotopic (exact) mass is 576 g/mol. The van der Waals surface area contributed by atoms with E-state index in [1.807, 2.05) is 30.3 Å². The molecule has 0 radical (unpaired) electrons. The summed E-state index contributed by atoms with van der Waals surface area (Å²) in [5, 5.41) is 6.76. The van der Waals surface area contributed by atoms with Gasteiger partial charge in [0, 0.05) is 49.7 Å². The van der Waals surface area contributed by atoms with Crippen LogP contribution in [0.3, 0.4) is 0 Å². The van der Waals surface area contributed by atoms with Crippen molar-refractivity contribution < 1.29 is 17.9 Å². The first-order valence-corrected chi connectivity index (χ1v) is 15.8. The molecule has 0 unspecified atom stereocenters. The zero-order valence-electron chi connectivity index (χ0n) is 23.2. The third-order valence-corrected chi connectivity index (χ3v) is 9.86. The lowest BCUT2D eigenvalue weighted by atomic mass is 9.82. The number of para-hydroxylation sites is 1. The SMILES string of the molecule is C=CN(C(=O)c1cc(N2CCC(N3CCOCC3)CC2)c2c(C3CCC3)nn(-c3ccccc3)c2n1)S(=O)(=O)C=C. The fourth-order valence-electron chi connectivity index (χ4n) is 6.11. The molecule has 1 aliphatic carbocycles. The molecule has 1 aromatic carbocycles. The number of anilines is 1. The van der Waals surface area contributed by atoms with Gasteiger partial charge in [-0.3, -0.25) is 9.69 Å². The summed E-state index contributed by atoms with van der Waals surface area (Å²) in [7, 11) is -4.10. The van der Waals surface area contributed by atoms with Gasteiger partial charge in [-0.2, -0.15) is 5.10 Å². The van der Waals surface area contributed by atoms with Crippen molar-refractivity contribution in [3.05, 3.63) is 72.6 Å². The summed E-state index contributed by atoms with van der Waals surface area (Å²) in [6.45, 7) is 12.0. The summed E-state index contributed by atoms with van der Waals surface area (Å²) in [6.07, 6.45) is 6.24. The highest BCUT2D eigenvalue weighted by atomic mass is 32.2. The zero-order chi connectivity index (χ0) is 28.6. The number of sulfonamides is 1. The third kappa shape index (κ3) is 5.18. The summed E-state index contributed by atoms with van der Waals surface area (Å²) in [6, 6.07) is 12.0. The largest absolute Gasteiger partial charge is 0.379 e. The van der Waals surface area contributed by atoms with Gasteiger partial charge in [-0.05, 0) is 43.9 Å². The van der Waals surface area contributed by atoms with Gasteiger partial charge >= 0.3 is 0 Å². The topological polar surface area (TPSA) is 101 Å². The summed E-state index contributed by atoms with van der Waals surface area (Å²) in [4.78, 5) is 23.3. The highest BCUT2D eigenvalue weighted by Crippen LogP contribution is 2.43. The maximum Gasteiger partial charge on any atom is 0.290 e. The van der Waals surface area contributed by atoms with Crippen molar-refractivity contribution in [1.82, 2.24) is 24.0 Å². The van der Waals surface area contributed by atoms with Crippen molar-refractivity contribution in [3.63, 3.8) is 0 Å². The van der Waals surface area contributed by atoms with Crippen molar-refractivity contribution in [1.29, 1.82) is 0 Å². The normalized spacial score (nSPS) is 19.2. The average molecular weight is 577 g/mol. The molecule has 2 saturated heterocycles. The van der Waals surface area contributed by atoms with Crippen molar-refractivity contribution in [2.75, 3.05) is 44.3 Å². The number of amides is 1. The molecule has 1 saturated carbocycles. The summed E-state index contributed by atoms with van der Waals surface area (Å²) >= 11 is 0. The van der Waals surface area contributed by atoms with Crippen LogP contribution in [0.2, 0.25) is 0 Å². The summed E-state index contributed by atoms with van der Waals surface area (Å²) in [5.74, 6) is -0.460. The van der Waals surface area contributed by atoms with Gasteiger partial charge in [-0.15, -0.1) is 0 Å². The van der Waals surface area contributed by atoms with Gasteiger partial charge in [0.15, 0.2) is 5.65 Å². The van der Waals surface area contributed by atoms with E-state index in [0.717, 1.165) is 106 Å². The van der Waals surface area contributed by atoms with Gasteiger partial charge in [0.05, 0.1) is 35.7 Å². The van der Waals surface area contributed by atoms with E-state index in [1.165, 1.54) is 0 Å². The van der Waals surface area contributed by atoms with Gasteiger partial charge < -0.3 is 9.64 Å². The van der Waals surface area contributed by atoms with E-state index in [0.29, 0.717) is 21.9 Å². The number of benzene rings is 1. The van der Waals surface area contributed by atoms with Crippen LogP contribution in [0.25, 0.3) is 16.7 Å². The number of hydrogen-bond donors (Lipinski definition) is 0. The quantitative estimate of drug-likeness (QED) is 0.396. The number of piperidine rings is 1. The fourth-order valence-corrected chi connectivity index (χ4v) is 6.80. The predicted molar refractivity (Wildman–Crippen MR) is 159 cm³/mol. The Labute approximate surface area is 240 Å². The van der Waals surface area contributed by atoms with E-state index < -0.39 is 15.9 Å².